The minimum Gasteiger partial charge on any atom is -0.507 e. The maximum Gasteiger partial charge on any atom is 0.162 e. The molecule has 0 aliphatic carbocycles. The Morgan fingerprint density at radius 1 is 1.24 bits per heavy atom. The first-order valence-corrected chi connectivity index (χ1v) is 5.41. The van der Waals surface area contributed by atoms with Crippen LogP contribution in [-0.2, 0) is 0 Å². The number of aromatic hydroxyl groups is 1. The lowest BCUT2D eigenvalue weighted by Gasteiger charge is -2.02. The van der Waals surface area contributed by atoms with E-state index in [1.54, 1.807) is 47.4 Å². The molecule has 0 aliphatic heterocycles. The van der Waals surface area contributed by atoms with Crippen molar-refractivity contribution in [1.82, 2.24) is 14.6 Å². The average molecular weight is 246 g/mol. The Balaban J connectivity index is 2.31. The summed E-state index contributed by atoms with van der Waals surface area (Å²) >= 11 is 5.93. The molecule has 1 aromatic carbocycles. The first-order valence-electron chi connectivity index (χ1n) is 5.03. The van der Waals surface area contributed by atoms with Gasteiger partial charge in [0.1, 0.15) is 5.75 Å². The second-order valence-corrected chi connectivity index (χ2v) is 4.04. The lowest BCUT2D eigenvalue weighted by atomic mass is 10.1. The number of rotatable bonds is 1. The highest BCUT2D eigenvalue weighted by Gasteiger charge is 2.11. The molecule has 84 valence electrons. The number of aromatic nitrogens is 3. The van der Waals surface area contributed by atoms with Crippen molar-refractivity contribution in [2.75, 3.05) is 0 Å². The molecule has 3 aromatic rings. The number of benzene rings is 1. The molecular weight excluding hydrogens is 238 g/mol. The topological polar surface area (TPSA) is 50.4 Å². The van der Waals surface area contributed by atoms with E-state index in [4.69, 9.17) is 11.6 Å². The zero-order valence-electron chi connectivity index (χ0n) is 8.71. The van der Waals surface area contributed by atoms with Gasteiger partial charge in [-0.2, -0.15) is 5.10 Å². The van der Waals surface area contributed by atoms with Crippen molar-refractivity contribution in [3.8, 4) is 16.9 Å². The highest BCUT2D eigenvalue weighted by atomic mass is 35.5. The van der Waals surface area contributed by atoms with E-state index in [0.29, 0.717) is 16.2 Å². The summed E-state index contributed by atoms with van der Waals surface area (Å²) in [5.74, 6) is 0.162. The smallest absolute Gasteiger partial charge is 0.162 e. The Labute approximate surface area is 102 Å². The molecule has 1 N–H and O–H groups in total. The van der Waals surface area contributed by atoms with Crippen LogP contribution in [0.15, 0.2) is 42.9 Å². The van der Waals surface area contributed by atoms with Crippen molar-refractivity contribution in [2.24, 2.45) is 0 Å². The van der Waals surface area contributed by atoms with E-state index >= 15 is 0 Å². The van der Waals surface area contributed by atoms with Gasteiger partial charge in [0.15, 0.2) is 5.65 Å². The van der Waals surface area contributed by atoms with Crippen LogP contribution in [0.1, 0.15) is 0 Å². The van der Waals surface area contributed by atoms with E-state index in [-0.39, 0.29) is 5.75 Å². The zero-order valence-corrected chi connectivity index (χ0v) is 9.46. The summed E-state index contributed by atoms with van der Waals surface area (Å²) in [7, 11) is 0. The molecule has 0 amide bonds. The first-order chi connectivity index (χ1) is 8.25. The van der Waals surface area contributed by atoms with Crippen LogP contribution in [-0.4, -0.2) is 19.7 Å². The summed E-state index contributed by atoms with van der Waals surface area (Å²) in [4.78, 5) is 4.23. The Morgan fingerprint density at radius 2 is 2.12 bits per heavy atom. The fourth-order valence-corrected chi connectivity index (χ4v) is 1.91. The first kappa shape index (κ1) is 10.1. The summed E-state index contributed by atoms with van der Waals surface area (Å²) in [5.41, 5.74) is 2.07. The average Bonchev–Trinajstić information content (AvgIpc) is 2.76. The number of fused-ring (bicyclic) bond motifs is 1. The standard InChI is InChI=1S/C12H8ClN3O/c13-8-2-3-11(17)9(6-8)10-7-15-16-5-1-4-14-12(10)16/h1-7,17H. The van der Waals surface area contributed by atoms with Gasteiger partial charge in [-0.3, -0.25) is 0 Å². The van der Waals surface area contributed by atoms with Gasteiger partial charge in [-0.15, -0.1) is 0 Å². The molecule has 0 unspecified atom stereocenters. The van der Waals surface area contributed by atoms with Gasteiger partial charge in [0.05, 0.1) is 11.8 Å². The maximum absolute atomic E-state index is 9.84. The molecule has 0 radical (unpaired) electrons. The predicted octanol–water partition coefficient (Wildman–Crippen LogP) is 2.76. The number of phenols is 1. The second-order valence-electron chi connectivity index (χ2n) is 3.61. The summed E-state index contributed by atoms with van der Waals surface area (Å²) in [6, 6.07) is 6.69. The van der Waals surface area contributed by atoms with Crippen LogP contribution in [0.4, 0.5) is 0 Å². The van der Waals surface area contributed by atoms with Crippen LogP contribution < -0.4 is 0 Å². The third kappa shape index (κ3) is 1.62. The van der Waals surface area contributed by atoms with E-state index < -0.39 is 0 Å². The molecule has 4 nitrogen and oxygen atoms in total. The molecule has 0 atom stereocenters. The highest BCUT2D eigenvalue weighted by Crippen LogP contribution is 2.33. The minimum atomic E-state index is 0.162. The normalized spacial score (nSPS) is 10.9. The summed E-state index contributed by atoms with van der Waals surface area (Å²) in [6.07, 6.45) is 5.14. The van der Waals surface area contributed by atoms with Gasteiger partial charge in [0.25, 0.3) is 0 Å². The Hall–Kier alpha value is -2.07. The van der Waals surface area contributed by atoms with Crippen molar-refractivity contribution < 1.29 is 5.11 Å². The van der Waals surface area contributed by atoms with Gasteiger partial charge in [-0.1, -0.05) is 11.6 Å². The molecule has 2 heterocycles. The van der Waals surface area contributed by atoms with E-state index in [0.717, 1.165) is 5.56 Å². The Morgan fingerprint density at radius 3 is 3.00 bits per heavy atom. The fraction of sp³-hybridized carbons (Fsp3) is 0. The third-order valence-corrected chi connectivity index (χ3v) is 2.76. The summed E-state index contributed by atoms with van der Waals surface area (Å²) in [6.45, 7) is 0. The van der Waals surface area contributed by atoms with Crippen molar-refractivity contribution >= 4 is 17.2 Å². The monoisotopic (exact) mass is 245 g/mol. The SMILES string of the molecule is Oc1ccc(Cl)cc1-c1cnn2cccnc12. The summed E-state index contributed by atoms with van der Waals surface area (Å²) < 4.78 is 1.65. The number of hydrogen-bond donors (Lipinski definition) is 1. The predicted molar refractivity (Wildman–Crippen MR) is 65.1 cm³/mol. The highest BCUT2D eigenvalue weighted by molar-refractivity contribution is 6.31. The maximum atomic E-state index is 9.84. The van der Waals surface area contributed by atoms with Gasteiger partial charge in [-0.25, -0.2) is 9.50 Å². The molecule has 17 heavy (non-hydrogen) atoms. The second kappa shape index (κ2) is 3.75. The van der Waals surface area contributed by atoms with Crippen LogP contribution >= 0.6 is 11.6 Å². The minimum absolute atomic E-state index is 0.162. The molecular formula is C12H8ClN3O. The van der Waals surface area contributed by atoms with Crippen molar-refractivity contribution in [2.45, 2.75) is 0 Å². The molecule has 0 saturated carbocycles. The third-order valence-electron chi connectivity index (χ3n) is 2.53. The quantitative estimate of drug-likeness (QED) is 0.717. The van der Waals surface area contributed by atoms with Crippen molar-refractivity contribution in [1.29, 1.82) is 0 Å². The van der Waals surface area contributed by atoms with Crippen LogP contribution in [0.3, 0.4) is 0 Å². The number of phenolic OH excluding ortho intramolecular Hbond substituents is 1. The van der Waals surface area contributed by atoms with Crippen LogP contribution in [0.5, 0.6) is 5.75 Å². The lowest BCUT2D eigenvalue weighted by Crippen LogP contribution is -1.87. The zero-order chi connectivity index (χ0) is 11.8. The van der Waals surface area contributed by atoms with Crippen LogP contribution in [0, 0.1) is 0 Å². The fourth-order valence-electron chi connectivity index (χ4n) is 1.74. The van der Waals surface area contributed by atoms with E-state index in [2.05, 4.69) is 10.1 Å². The largest absolute Gasteiger partial charge is 0.507 e. The van der Waals surface area contributed by atoms with Crippen LogP contribution in [0.25, 0.3) is 16.8 Å². The van der Waals surface area contributed by atoms with E-state index in [9.17, 15) is 5.11 Å². The molecule has 3 rings (SSSR count). The van der Waals surface area contributed by atoms with Gasteiger partial charge in [0, 0.05) is 23.0 Å². The number of hydrogen-bond acceptors (Lipinski definition) is 3. The molecule has 0 aliphatic rings. The summed E-state index contributed by atoms with van der Waals surface area (Å²) in [5, 5.41) is 14.6. The van der Waals surface area contributed by atoms with Crippen molar-refractivity contribution in [3.05, 3.63) is 47.9 Å². The molecule has 0 spiro atoms. The molecule has 0 bridgehead atoms. The lowest BCUT2D eigenvalue weighted by molar-refractivity contribution is 0.477. The molecule has 0 saturated heterocycles. The Kier molecular flexibility index (Phi) is 2.23. The van der Waals surface area contributed by atoms with Gasteiger partial charge in [-0.05, 0) is 24.3 Å². The van der Waals surface area contributed by atoms with Gasteiger partial charge in [0.2, 0.25) is 0 Å². The van der Waals surface area contributed by atoms with Crippen molar-refractivity contribution in [3.63, 3.8) is 0 Å². The van der Waals surface area contributed by atoms with Crippen LogP contribution in [0.2, 0.25) is 5.02 Å². The van der Waals surface area contributed by atoms with E-state index in [1.807, 2.05) is 0 Å². The van der Waals surface area contributed by atoms with E-state index in [1.165, 1.54) is 0 Å². The van der Waals surface area contributed by atoms with Gasteiger partial charge < -0.3 is 5.11 Å². The number of nitrogens with zero attached hydrogens (tertiary/aromatic N) is 3. The molecule has 2 aromatic heterocycles. The Bertz CT molecular complexity index is 693. The van der Waals surface area contributed by atoms with Gasteiger partial charge >= 0.3 is 0 Å². The molecule has 0 fully saturated rings. The number of halogens is 1. The molecule has 5 heteroatoms.